The van der Waals surface area contributed by atoms with Crippen LogP contribution in [0.5, 0.6) is 10.9 Å². The highest BCUT2D eigenvalue weighted by atomic mass is 32.1. The van der Waals surface area contributed by atoms with Crippen LogP contribution >= 0.6 is 11.3 Å². The molecule has 2 heterocycles. The lowest BCUT2D eigenvalue weighted by atomic mass is 10.1. The van der Waals surface area contributed by atoms with E-state index in [0.29, 0.717) is 42.2 Å². The van der Waals surface area contributed by atoms with Crippen molar-refractivity contribution in [2.75, 3.05) is 20.2 Å². The van der Waals surface area contributed by atoms with Gasteiger partial charge in [0.25, 0.3) is 5.19 Å². The number of fused-ring (bicyclic) bond motifs is 1. The third kappa shape index (κ3) is 4.48. The van der Waals surface area contributed by atoms with Crippen LogP contribution in [0.4, 0.5) is 8.78 Å². The van der Waals surface area contributed by atoms with Crippen LogP contribution in [0.25, 0.3) is 10.2 Å². The van der Waals surface area contributed by atoms with Crippen molar-refractivity contribution in [2.45, 2.75) is 25.4 Å². The van der Waals surface area contributed by atoms with E-state index in [9.17, 15) is 13.6 Å². The molecule has 1 saturated heterocycles. The summed E-state index contributed by atoms with van der Waals surface area (Å²) in [6.45, 7) is 1.17. The molecule has 0 radical (unpaired) electrons. The zero-order valence-corrected chi connectivity index (χ0v) is 16.7. The molecule has 1 fully saturated rings. The molecule has 0 N–H and O–H groups in total. The van der Waals surface area contributed by atoms with E-state index >= 15 is 0 Å². The fourth-order valence-electron chi connectivity index (χ4n) is 3.42. The lowest BCUT2D eigenvalue weighted by Crippen LogP contribution is -2.42. The number of piperidine rings is 1. The van der Waals surface area contributed by atoms with E-state index in [2.05, 4.69) is 4.98 Å². The van der Waals surface area contributed by atoms with Gasteiger partial charge in [0.05, 0.1) is 18.2 Å². The van der Waals surface area contributed by atoms with E-state index in [1.54, 1.807) is 7.11 Å². The van der Waals surface area contributed by atoms with Crippen LogP contribution in [0.2, 0.25) is 0 Å². The van der Waals surface area contributed by atoms with Gasteiger partial charge < -0.3 is 14.4 Å². The zero-order chi connectivity index (χ0) is 20.4. The minimum Gasteiger partial charge on any atom is -0.497 e. The predicted octanol–water partition coefficient (Wildman–Crippen LogP) is 4.20. The molecule has 1 aliphatic heterocycles. The largest absolute Gasteiger partial charge is 0.497 e. The average Bonchev–Trinajstić information content (AvgIpc) is 3.11. The maximum Gasteiger partial charge on any atom is 0.274 e. The van der Waals surface area contributed by atoms with Crippen molar-refractivity contribution in [3.05, 3.63) is 53.6 Å². The zero-order valence-electron chi connectivity index (χ0n) is 15.9. The second-order valence-electron chi connectivity index (χ2n) is 6.94. The summed E-state index contributed by atoms with van der Waals surface area (Å²) < 4.78 is 38.6. The molecule has 0 bridgehead atoms. The SMILES string of the molecule is COc1cccc(CC(=O)N2CCC(Oc3nc4c(F)cc(F)cc4s3)CC2)c1. The minimum atomic E-state index is -0.691. The number of carbonyl (C=O) groups is 1. The Balaban J connectivity index is 1.33. The maximum atomic E-state index is 13.8. The Morgan fingerprint density at radius 3 is 2.79 bits per heavy atom. The molecule has 0 atom stereocenters. The molecule has 0 saturated carbocycles. The summed E-state index contributed by atoms with van der Waals surface area (Å²) in [6, 6.07) is 9.56. The Morgan fingerprint density at radius 2 is 2.03 bits per heavy atom. The highest BCUT2D eigenvalue weighted by molar-refractivity contribution is 7.20. The number of thiazole rings is 1. The summed E-state index contributed by atoms with van der Waals surface area (Å²) in [5, 5.41) is 0.325. The van der Waals surface area contributed by atoms with Crippen molar-refractivity contribution in [1.29, 1.82) is 0 Å². The fourth-order valence-corrected chi connectivity index (χ4v) is 4.34. The number of amides is 1. The van der Waals surface area contributed by atoms with Crippen LogP contribution in [-0.2, 0) is 11.2 Å². The standard InChI is InChI=1S/C21H20F2N2O3S/c1-27-16-4-2-3-13(9-16)10-19(26)25-7-5-15(6-8-25)28-21-24-20-17(23)11-14(22)12-18(20)29-21/h2-4,9,11-12,15H,5-8,10H2,1H3. The van der Waals surface area contributed by atoms with Gasteiger partial charge in [-0.2, -0.15) is 4.98 Å². The number of ether oxygens (including phenoxy) is 2. The molecule has 1 amide bonds. The Morgan fingerprint density at radius 1 is 1.24 bits per heavy atom. The molecule has 0 aliphatic carbocycles. The van der Waals surface area contributed by atoms with Gasteiger partial charge in [-0.25, -0.2) is 8.78 Å². The number of rotatable bonds is 5. The quantitative estimate of drug-likeness (QED) is 0.623. The molecule has 2 aromatic carbocycles. The predicted molar refractivity (Wildman–Crippen MR) is 106 cm³/mol. The van der Waals surface area contributed by atoms with Crippen molar-refractivity contribution < 1.29 is 23.0 Å². The molecule has 1 aliphatic rings. The van der Waals surface area contributed by atoms with Gasteiger partial charge in [0, 0.05) is 32.0 Å². The summed E-state index contributed by atoms with van der Waals surface area (Å²) in [6.07, 6.45) is 1.54. The Bertz CT molecular complexity index is 1030. The van der Waals surface area contributed by atoms with Crippen molar-refractivity contribution in [3.63, 3.8) is 0 Å². The summed E-state index contributed by atoms with van der Waals surface area (Å²) in [5.74, 6) is -0.527. The van der Waals surface area contributed by atoms with Gasteiger partial charge in [0.2, 0.25) is 5.91 Å². The second-order valence-corrected chi connectivity index (χ2v) is 7.93. The highest BCUT2D eigenvalue weighted by Gasteiger charge is 2.25. The van der Waals surface area contributed by atoms with Gasteiger partial charge in [-0.15, -0.1) is 0 Å². The Kier molecular flexibility index (Phi) is 5.62. The first-order valence-electron chi connectivity index (χ1n) is 9.35. The maximum absolute atomic E-state index is 13.8. The summed E-state index contributed by atoms with van der Waals surface area (Å²) in [4.78, 5) is 18.5. The van der Waals surface area contributed by atoms with Crippen molar-refractivity contribution in [3.8, 4) is 10.9 Å². The normalized spacial score (nSPS) is 14.9. The summed E-state index contributed by atoms with van der Waals surface area (Å²) in [7, 11) is 1.60. The summed E-state index contributed by atoms with van der Waals surface area (Å²) >= 11 is 1.13. The van der Waals surface area contributed by atoms with Gasteiger partial charge in [0.1, 0.15) is 23.2 Å². The van der Waals surface area contributed by atoms with Crippen LogP contribution in [0.15, 0.2) is 36.4 Å². The minimum absolute atomic E-state index is 0.0641. The number of benzene rings is 2. The fraction of sp³-hybridized carbons (Fsp3) is 0.333. The number of methoxy groups -OCH3 is 1. The van der Waals surface area contributed by atoms with Crippen LogP contribution in [0, 0.1) is 11.6 Å². The van der Waals surface area contributed by atoms with Crippen molar-refractivity contribution >= 4 is 27.5 Å². The average molecular weight is 418 g/mol. The van der Waals surface area contributed by atoms with E-state index in [4.69, 9.17) is 9.47 Å². The van der Waals surface area contributed by atoms with Gasteiger partial charge in [-0.1, -0.05) is 23.5 Å². The highest BCUT2D eigenvalue weighted by Crippen LogP contribution is 2.32. The third-order valence-corrected chi connectivity index (χ3v) is 5.84. The van der Waals surface area contributed by atoms with E-state index in [-0.39, 0.29) is 17.5 Å². The number of hydrogen-bond donors (Lipinski definition) is 0. The first-order valence-corrected chi connectivity index (χ1v) is 10.2. The molecule has 3 aromatic rings. The van der Waals surface area contributed by atoms with E-state index in [0.717, 1.165) is 28.7 Å². The van der Waals surface area contributed by atoms with Crippen molar-refractivity contribution in [2.24, 2.45) is 0 Å². The van der Waals surface area contributed by atoms with Crippen LogP contribution in [-0.4, -0.2) is 42.1 Å². The molecule has 1 aromatic heterocycles. The first-order chi connectivity index (χ1) is 14.0. The molecular formula is C21H20F2N2O3S. The third-order valence-electron chi connectivity index (χ3n) is 4.95. The van der Waals surface area contributed by atoms with Crippen LogP contribution < -0.4 is 9.47 Å². The van der Waals surface area contributed by atoms with Gasteiger partial charge in [-0.3, -0.25) is 4.79 Å². The molecule has 0 spiro atoms. The molecular weight excluding hydrogens is 398 g/mol. The summed E-state index contributed by atoms with van der Waals surface area (Å²) in [5.41, 5.74) is 1.04. The number of halogens is 2. The first kappa shape index (κ1) is 19.6. The lowest BCUT2D eigenvalue weighted by Gasteiger charge is -2.31. The molecule has 4 rings (SSSR count). The number of hydrogen-bond acceptors (Lipinski definition) is 5. The topological polar surface area (TPSA) is 51.7 Å². The number of likely N-dealkylation sites (tertiary alicyclic amines) is 1. The molecule has 29 heavy (non-hydrogen) atoms. The van der Waals surface area contributed by atoms with Crippen LogP contribution in [0.3, 0.4) is 0 Å². The van der Waals surface area contributed by atoms with E-state index < -0.39 is 11.6 Å². The number of aromatic nitrogens is 1. The molecule has 0 unspecified atom stereocenters. The molecule has 5 nitrogen and oxygen atoms in total. The number of nitrogens with zero attached hydrogens (tertiary/aromatic N) is 2. The van der Waals surface area contributed by atoms with Gasteiger partial charge in [0.15, 0.2) is 5.82 Å². The Labute approximate surface area is 170 Å². The van der Waals surface area contributed by atoms with E-state index in [1.165, 1.54) is 6.07 Å². The van der Waals surface area contributed by atoms with E-state index in [1.807, 2.05) is 29.2 Å². The number of carbonyl (C=O) groups excluding carboxylic acids is 1. The smallest absolute Gasteiger partial charge is 0.274 e. The monoisotopic (exact) mass is 418 g/mol. The second kappa shape index (κ2) is 8.32. The molecule has 152 valence electrons. The van der Waals surface area contributed by atoms with Crippen molar-refractivity contribution in [1.82, 2.24) is 9.88 Å². The molecule has 8 heteroatoms. The lowest BCUT2D eigenvalue weighted by molar-refractivity contribution is -0.132. The van der Waals surface area contributed by atoms with Crippen LogP contribution in [0.1, 0.15) is 18.4 Å². The Hall–Kier alpha value is -2.74. The van der Waals surface area contributed by atoms with Gasteiger partial charge in [-0.05, 0) is 23.8 Å². The van der Waals surface area contributed by atoms with Gasteiger partial charge >= 0.3 is 0 Å².